The number of hydrogen-bond donors (Lipinski definition) is 1. The van der Waals surface area contributed by atoms with Gasteiger partial charge in [0, 0.05) is 6.04 Å². The molecule has 1 aliphatic rings. The topological polar surface area (TPSA) is 29.1 Å². The summed E-state index contributed by atoms with van der Waals surface area (Å²) in [4.78, 5) is 12.1. The first-order valence-corrected chi connectivity index (χ1v) is 7.21. The van der Waals surface area contributed by atoms with Crippen LogP contribution in [0.3, 0.4) is 0 Å². The van der Waals surface area contributed by atoms with E-state index in [9.17, 15) is 4.79 Å². The number of fused-ring (bicyclic) bond motifs is 1. The van der Waals surface area contributed by atoms with Gasteiger partial charge in [-0.2, -0.15) is 0 Å². The van der Waals surface area contributed by atoms with Gasteiger partial charge < -0.3 is 5.32 Å². The number of aryl methyl sites for hydroxylation is 1. The van der Waals surface area contributed by atoms with E-state index in [0.717, 1.165) is 24.8 Å². The number of amides is 1. The van der Waals surface area contributed by atoms with Crippen LogP contribution in [-0.4, -0.2) is 11.9 Å². The zero-order chi connectivity index (χ0) is 13.8. The second-order valence-corrected chi connectivity index (χ2v) is 5.44. The number of hydrogen-bond acceptors (Lipinski definition) is 1. The molecule has 0 fully saturated rings. The van der Waals surface area contributed by atoms with Gasteiger partial charge in [0.25, 0.3) is 0 Å². The van der Waals surface area contributed by atoms with Crippen molar-refractivity contribution < 1.29 is 4.79 Å². The number of carbonyl (C=O) groups excluding carboxylic acids is 1. The molecule has 0 saturated carbocycles. The highest BCUT2D eigenvalue weighted by atomic mass is 16.1. The highest BCUT2D eigenvalue weighted by Gasteiger charge is 2.19. The van der Waals surface area contributed by atoms with E-state index < -0.39 is 0 Å². The minimum atomic E-state index is 0.126. The van der Waals surface area contributed by atoms with Crippen molar-refractivity contribution >= 4 is 5.91 Å². The molecule has 1 amide bonds. The fraction of sp³-hybridized carbons (Fsp3) is 0.278. The van der Waals surface area contributed by atoms with Gasteiger partial charge in [0.1, 0.15) is 0 Å². The van der Waals surface area contributed by atoms with Crippen LogP contribution in [0.15, 0.2) is 54.6 Å². The maximum Gasteiger partial charge on any atom is 0.224 e. The maximum atomic E-state index is 12.1. The number of benzene rings is 2. The molecule has 102 valence electrons. The summed E-state index contributed by atoms with van der Waals surface area (Å²) in [5.74, 6) is 0.126. The molecule has 0 radical (unpaired) electrons. The van der Waals surface area contributed by atoms with E-state index in [1.165, 1.54) is 11.1 Å². The van der Waals surface area contributed by atoms with E-state index in [4.69, 9.17) is 0 Å². The molecule has 1 aliphatic carbocycles. The molecular weight excluding hydrogens is 246 g/mol. The molecule has 0 spiro atoms. The number of rotatable bonds is 3. The molecule has 20 heavy (non-hydrogen) atoms. The Morgan fingerprint density at radius 1 is 1.00 bits per heavy atom. The Morgan fingerprint density at radius 2 is 1.70 bits per heavy atom. The summed E-state index contributed by atoms with van der Waals surface area (Å²) in [7, 11) is 0. The van der Waals surface area contributed by atoms with Crippen LogP contribution in [0.4, 0.5) is 0 Å². The van der Waals surface area contributed by atoms with E-state index in [1.807, 2.05) is 30.3 Å². The fourth-order valence-corrected chi connectivity index (χ4v) is 2.88. The third-order valence-corrected chi connectivity index (χ3v) is 3.92. The van der Waals surface area contributed by atoms with Crippen LogP contribution in [0.1, 0.15) is 23.1 Å². The Balaban J connectivity index is 1.58. The Morgan fingerprint density at radius 3 is 2.50 bits per heavy atom. The molecule has 0 unspecified atom stereocenters. The fourth-order valence-electron chi connectivity index (χ4n) is 2.88. The van der Waals surface area contributed by atoms with Crippen molar-refractivity contribution in [2.75, 3.05) is 0 Å². The van der Waals surface area contributed by atoms with Gasteiger partial charge >= 0.3 is 0 Å². The second-order valence-electron chi connectivity index (χ2n) is 5.44. The molecule has 2 nitrogen and oxygen atoms in total. The first-order chi connectivity index (χ1) is 9.81. The van der Waals surface area contributed by atoms with Crippen LogP contribution < -0.4 is 5.32 Å². The molecule has 0 aliphatic heterocycles. The highest BCUT2D eigenvalue weighted by molar-refractivity contribution is 5.78. The van der Waals surface area contributed by atoms with Gasteiger partial charge in [-0.25, -0.2) is 0 Å². The molecule has 1 N–H and O–H groups in total. The lowest BCUT2D eigenvalue weighted by Crippen LogP contribution is -2.39. The molecule has 2 aromatic carbocycles. The van der Waals surface area contributed by atoms with Gasteiger partial charge in [0.15, 0.2) is 0 Å². The summed E-state index contributed by atoms with van der Waals surface area (Å²) >= 11 is 0. The summed E-state index contributed by atoms with van der Waals surface area (Å²) in [6.45, 7) is 0. The molecule has 3 rings (SSSR count). The van der Waals surface area contributed by atoms with Crippen molar-refractivity contribution in [1.82, 2.24) is 5.32 Å². The van der Waals surface area contributed by atoms with Crippen LogP contribution in [0, 0.1) is 0 Å². The van der Waals surface area contributed by atoms with Crippen molar-refractivity contribution in [3.05, 3.63) is 71.3 Å². The normalized spacial score (nSPS) is 17.3. The SMILES string of the molecule is O=C(Cc1ccccc1)N[C@@H]1CCc2ccccc2C1. The molecule has 0 aromatic heterocycles. The molecule has 0 saturated heterocycles. The lowest BCUT2D eigenvalue weighted by Gasteiger charge is -2.25. The quantitative estimate of drug-likeness (QED) is 0.908. The molecular formula is C18H19NO. The molecule has 1 atom stereocenters. The van der Waals surface area contributed by atoms with Crippen molar-refractivity contribution in [1.29, 1.82) is 0 Å². The molecule has 0 heterocycles. The van der Waals surface area contributed by atoms with Crippen LogP contribution in [0.5, 0.6) is 0 Å². The summed E-state index contributed by atoms with van der Waals surface area (Å²) < 4.78 is 0. The van der Waals surface area contributed by atoms with Gasteiger partial charge in [-0.1, -0.05) is 54.6 Å². The highest BCUT2D eigenvalue weighted by Crippen LogP contribution is 2.21. The lowest BCUT2D eigenvalue weighted by molar-refractivity contribution is -0.121. The Labute approximate surface area is 119 Å². The first kappa shape index (κ1) is 12.9. The van der Waals surface area contributed by atoms with Gasteiger partial charge in [0.2, 0.25) is 5.91 Å². The standard InChI is InChI=1S/C18H19NO/c20-18(12-14-6-2-1-3-7-14)19-17-11-10-15-8-4-5-9-16(15)13-17/h1-9,17H,10-13H2,(H,19,20)/t17-/m1/s1. The summed E-state index contributed by atoms with van der Waals surface area (Å²) in [6.07, 6.45) is 3.53. The lowest BCUT2D eigenvalue weighted by atomic mass is 9.88. The van der Waals surface area contributed by atoms with Crippen molar-refractivity contribution in [2.45, 2.75) is 31.7 Å². The van der Waals surface area contributed by atoms with Gasteiger partial charge in [-0.3, -0.25) is 4.79 Å². The minimum absolute atomic E-state index is 0.126. The molecule has 0 bridgehead atoms. The molecule has 2 aromatic rings. The van der Waals surface area contributed by atoms with Crippen LogP contribution in [0.25, 0.3) is 0 Å². The molecule has 2 heteroatoms. The zero-order valence-electron chi connectivity index (χ0n) is 11.5. The largest absolute Gasteiger partial charge is 0.353 e. The average Bonchev–Trinajstić information content (AvgIpc) is 2.48. The van der Waals surface area contributed by atoms with E-state index in [0.29, 0.717) is 6.42 Å². The van der Waals surface area contributed by atoms with Crippen LogP contribution >= 0.6 is 0 Å². The second kappa shape index (κ2) is 5.91. The average molecular weight is 265 g/mol. The number of carbonyl (C=O) groups is 1. The van der Waals surface area contributed by atoms with Crippen molar-refractivity contribution in [2.24, 2.45) is 0 Å². The van der Waals surface area contributed by atoms with Gasteiger partial charge in [-0.15, -0.1) is 0 Å². The Kier molecular flexibility index (Phi) is 3.82. The minimum Gasteiger partial charge on any atom is -0.353 e. The smallest absolute Gasteiger partial charge is 0.224 e. The van der Waals surface area contributed by atoms with E-state index in [2.05, 4.69) is 29.6 Å². The van der Waals surface area contributed by atoms with Gasteiger partial charge in [-0.05, 0) is 36.0 Å². The summed E-state index contributed by atoms with van der Waals surface area (Å²) in [6, 6.07) is 18.7. The third-order valence-electron chi connectivity index (χ3n) is 3.92. The van der Waals surface area contributed by atoms with Crippen molar-refractivity contribution in [3.8, 4) is 0 Å². The van der Waals surface area contributed by atoms with E-state index in [1.54, 1.807) is 0 Å². The summed E-state index contributed by atoms with van der Waals surface area (Å²) in [5.41, 5.74) is 3.88. The maximum absolute atomic E-state index is 12.1. The Bertz CT molecular complexity index is 591. The predicted octanol–water partition coefficient (Wildman–Crippen LogP) is 2.90. The van der Waals surface area contributed by atoms with E-state index in [-0.39, 0.29) is 11.9 Å². The van der Waals surface area contributed by atoms with Crippen LogP contribution in [0.2, 0.25) is 0 Å². The monoisotopic (exact) mass is 265 g/mol. The van der Waals surface area contributed by atoms with Crippen LogP contribution in [-0.2, 0) is 24.1 Å². The Hall–Kier alpha value is -2.09. The third kappa shape index (κ3) is 3.08. The number of nitrogens with one attached hydrogen (secondary N) is 1. The predicted molar refractivity (Wildman–Crippen MR) is 80.5 cm³/mol. The van der Waals surface area contributed by atoms with Gasteiger partial charge in [0.05, 0.1) is 6.42 Å². The first-order valence-electron chi connectivity index (χ1n) is 7.21. The van der Waals surface area contributed by atoms with E-state index >= 15 is 0 Å². The summed E-state index contributed by atoms with van der Waals surface area (Å²) in [5, 5.41) is 3.17. The zero-order valence-corrected chi connectivity index (χ0v) is 11.5. The van der Waals surface area contributed by atoms with Crippen molar-refractivity contribution in [3.63, 3.8) is 0 Å².